The fraction of sp³-hybridized carbons (Fsp3) is 0.524. The summed E-state index contributed by atoms with van der Waals surface area (Å²) in [5, 5.41) is 7.70. The van der Waals surface area contributed by atoms with Crippen molar-refractivity contribution in [1.29, 1.82) is 0 Å². The number of carboxylic acids is 1. The van der Waals surface area contributed by atoms with Crippen LogP contribution in [0, 0.1) is 0 Å². The summed E-state index contributed by atoms with van der Waals surface area (Å²) in [5.41, 5.74) is 0.711. The second-order valence-corrected chi connectivity index (χ2v) is 8.39. The number of aliphatic carboxylic acids is 1. The van der Waals surface area contributed by atoms with Gasteiger partial charge in [0.15, 0.2) is 0 Å². The van der Waals surface area contributed by atoms with Gasteiger partial charge >= 0.3 is 18.1 Å². The molecule has 1 unspecified atom stereocenters. The van der Waals surface area contributed by atoms with Crippen molar-refractivity contribution in [1.82, 2.24) is 9.47 Å². The summed E-state index contributed by atoms with van der Waals surface area (Å²) < 4.78 is 64.7. The number of ether oxygens (including phenoxy) is 1. The molecular formula is C21H22ClF5N2O4. The number of rotatable bonds is 4. The Labute approximate surface area is 190 Å². The van der Waals surface area contributed by atoms with Gasteiger partial charge in [-0.2, -0.15) is 13.2 Å². The highest BCUT2D eigenvalue weighted by Gasteiger charge is 2.40. The Morgan fingerprint density at radius 3 is 2.24 bits per heavy atom. The van der Waals surface area contributed by atoms with Crippen LogP contribution in [0.15, 0.2) is 24.3 Å². The van der Waals surface area contributed by atoms with E-state index in [1.165, 1.54) is 4.57 Å². The second-order valence-electron chi connectivity index (χ2n) is 8.04. The van der Waals surface area contributed by atoms with Crippen LogP contribution in [-0.2, 0) is 16.1 Å². The Hall–Kier alpha value is -2.40. The molecule has 2 bridgehead atoms. The van der Waals surface area contributed by atoms with E-state index in [2.05, 4.69) is 11.9 Å². The number of carboxylic acid groups (broad SMARTS) is 1. The lowest BCUT2D eigenvalue weighted by Crippen LogP contribution is -2.43. The number of hydrogen-bond acceptors (Lipinski definition) is 4. The number of esters is 1. The molecule has 1 N–H and O–H groups in total. The molecule has 33 heavy (non-hydrogen) atoms. The maximum absolute atomic E-state index is 12.9. The number of aromatic nitrogens is 1. The van der Waals surface area contributed by atoms with Gasteiger partial charge < -0.3 is 19.3 Å². The third kappa shape index (κ3) is 5.57. The number of para-hydroxylation sites is 1. The summed E-state index contributed by atoms with van der Waals surface area (Å²) >= 11 is 6.32. The Balaban J connectivity index is 0.000000383. The van der Waals surface area contributed by atoms with Crippen molar-refractivity contribution in [3.8, 4) is 0 Å². The molecule has 2 fully saturated rings. The van der Waals surface area contributed by atoms with Gasteiger partial charge in [0, 0.05) is 30.3 Å². The molecule has 4 rings (SSSR count). The van der Waals surface area contributed by atoms with Gasteiger partial charge in [0.25, 0.3) is 6.43 Å². The van der Waals surface area contributed by atoms with E-state index in [0.29, 0.717) is 23.0 Å². The number of halogens is 6. The lowest BCUT2D eigenvalue weighted by molar-refractivity contribution is -0.192. The molecule has 3 atom stereocenters. The predicted molar refractivity (Wildman–Crippen MR) is 110 cm³/mol. The summed E-state index contributed by atoms with van der Waals surface area (Å²) in [6, 6.07) is 7.81. The summed E-state index contributed by atoms with van der Waals surface area (Å²) in [4.78, 5) is 24.1. The molecule has 1 aromatic heterocycles. The fourth-order valence-corrected chi connectivity index (χ4v) is 4.79. The first-order valence-corrected chi connectivity index (χ1v) is 10.6. The van der Waals surface area contributed by atoms with Crippen molar-refractivity contribution in [2.45, 2.75) is 63.0 Å². The van der Waals surface area contributed by atoms with Gasteiger partial charge in [-0.3, -0.25) is 0 Å². The van der Waals surface area contributed by atoms with Crippen LogP contribution in [0.5, 0.6) is 0 Å². The van der Waals surface area contributed by atoms with Crippen LogP contribution in [0.25, 0.3) is 10.9 Å². The van der Waals surface area contributed by atoms with E-state index in [-0.39, 0.29) is 16.8 Å². The molecule has 0 aliphatic carbocycles. The second kappa shape index (κ2) is 9.84. The van der Waals surface area contributed by atoms with E-state index in [1.54, 1.807) is 24.3 Å². The van der Waals surface area contributed by atoms with Gasteiger partial charge in [-0.25, -0.2) is 18.4 Å². The van der Waals surface area contributed by atoms with Gasteiger partial charge in [0.2, 0.25) is 0 Å². The van der Waals surface area contributed by atoms with Crippen molar-refractivity contribution in [3.63, 3.8) is 0 Å². The first kappa shape index (κ1) is 25.2. The monoisotopic (exact) mass is 496 g/mol. The number of fused-ring (bicyclic) bond motifs is 3. The van der Waals surface area contributed by atoms with Crippen molar-refractivity contribution in [3.05, 3.63) is 35.0 Å². The smallest absolute Gasteiger partial charge is 0.475 e. The van der Waals surface area contributed by atoms with Crippen LogP contribution in [0.2, 0.25) is 5.15 Å². The van der Waals surface area contributed by atoms with E-state index in [1.807, 2.05) is 0 Å². The summed E-state index contributed by atoms with van der Waals surface area (Å²) in [6.45, 7) is -0.551. The van der Waals surface area contributed by atoms with E-state index < -0.39 is 31.1 Å². The van der Waals surface area contributed by atoms with Crippen LogP contribution in [0.1, 0.15) is 36.0 Å². The number of benzene rings is 1. The highest BCUT2D eigenvalue weighted by molar-refractivity contribution is 6.35. The van der Waals surface area contributed by atoms with Crippen molar-refractivity contribution >= 4 is 34.4 Å². The SMILES string of the molecule is CN1[C@@H]2CC[C@H]1CC(OC(=O)c1c(Cl)n(CC(F)F)c3ccccc13)C2.O=C(O)C(F)(F)F. The maximum Gasteiger partial charge on any atom is 0.490 e. The predicted octanol–water partition coefficient (Wildman–Crippen LogP) is 4.98. The van der Waals surface area contributed by atoms with E-state index in [0.717, 1.165) is 25.7 Å². The van der Waals surface area contributed by atoms with Crippen LogP contribution in [-0.4, -0.2) is 64.3 Å². The number of carbonyl (C=O) groups excluding carboxylic acids is 1. The van der Waals surface area contributed by atoms with Crippen LogP contribution in [0.4, 0.5) is 22.0 Å². The highest BCUT2D eigenvalue weighted by Crippen LogP contribution is 2.37. The standard InChI is InChI=1S/C19H21ClF2N2O2.C2HF3O2/c1-23-11-6-7-12(23)9-13(8-11)26-19(25)17-14-4-2-3-5-15(14)24(18(17)20)10-16(21)22;3-2(4,5)1(6)7/h2-5,11-13,16H,6-10H2,1H3;(H,6,7)/t11-,12+,13?;. The molecule has 6 nitrogen and oxygen atoms in total. The van der Waals surface area contributed by atoms with Crippen LogP contribution < -0.4 is 0 Å². The number of alkyl halides is 5. The Kier molecular flexibility index (Phi) is 7.52. The molecule has 3 heterocycles. The Morgan fingerprint density at radius 2 is 1.73 bits per heavy atom. The number of hydrogen-bond donors (Lipinski definition) is 1. The third-order valence-corrected chi connectivity index (χ3v) is 6.40. The molecule has 2 aliphatic rings. The van der Waals surface area contributed by atoms with Gasteiger partial charge in [0.1, 0.15) is 16.8 Å². The largest absolute Gasteiger partial charge is 0.490 e. The summed E-state index contributed by atoms with van der Waals surface area (Å²) in [6.07, 6.45) is -3.91. The van der Waals surface area contributed by atoms with Gasteiger partial charge in [-0.1, -0.05) is 29.8 Å². The number of piperidine rings is 1. The molecular weight excluding hydrogens is 475 g/mol. The fourth-order valence-electron chi connectivity index (χ4n) is 4.45. The lowest BCUT2D eigenvalue weighted by Gasteiger charge is -2.35. The Morgan fingerprint density at radius 1 is 1.18 bits per heavy atom. The highest BCUT2D eigenvalue weighted by atomic mass is 35.5. The summed E-state index contributed by atoms with van der Waals surface area (Å²) in [5.74, 6) is -3.28. The summed E-state index contributed by atoms with van der Waals surface area (Å²) in [7, 11) is 2.12. The average molecular weight is 497 g/mol. The molecule has 0 radical (unpaired) electrons. The minimum absolute atomic E-state index is 0.0207. The van der Waals surface area contributed by atoms with Gasteiger partial charge in [0.05, 0.1) is 12.1 Å². The van der Waals surface area contributed by atoms with Crippen molar-refractivity contribution in [2.75, 3.05) is 7.05 Å². The van der Waals surface area contributed by atoms with Crippen LogP contribution >= 0.6 is 11.6 Å². The molecule has 1 aromatic carbocycles. The molecule has 0 saturated carbocycles. The zero-order chi connectivity index (χ0) is 24.5. The first-order valence-electron chi connectivity index (χ1n) is 10.2. The molecule has 182 valence electrons. The van der Waals surface area contributed by atoms with E-state index in [4.69, 9.17) is 26.2 Å². The molecule has 12 heteroatoms. The topological polar surface area (TPSA) is 71.8 Å². The van der Waals surface area contributed by atoms with E-state index in [9.17, 15) is 26.7 Å². The quantitative estimate of drug-likeness (QED) is 0.478. The van der Waals surface area contributed by atoms with Gasteiger partial charge in [-0.05, 0) is 26.0 Å². The average Bonchev–Trinajstić information content (AvgIpc) is 3.09. The molecule has 2 aliphatic heterocycles. The lowest BCUT2D eigenvalue weighted by atomic mass is 10.0. The Bertz CT molecular complexity index is 1010. The first-order chi connectivity index (χ1) is 15.4. The zero-order valence-corrected chi connectivity index (χ0v) is 18.2. The number of nitrogens with zero attached hydrogens (tertiary/aromatic N) is 2. The van der Waals surface area contributed by atoms with Gasteiger partial charge in [-0.15, -0.1) is 0 Å². The van der Waals surface area contributed by atoms with Crippen LogP contribution in [0.3, 0.4) is 0 Å². The molecule has 0 spiro atoms. The minimum atomic E-state index is -5.08. The zero-order valence-electron chi connectivity index (χ0n) is 17.5. The minimum Gasteiger partial charge on any atom is -0.475 e. The third-order valence-electron chi connectivity index (χ3n) is 6.00. The maximum atomic E-state index is 12.9. The van der Waals surface area contributed by atoms with E-state index >= 15 is 0 Å². The normalized spacial score (nSPS) is 22.8. The molecule has 2 saturated heterocycles. The molecule has 2 aromatic rings. The molecule has 0 amide bonds. The van der Waals surface area contributed by atoms with Crippen molar-refractivity contribution in [2.24, 2.45) is 0 Å². The van der Waals surface area contributed by atoms with Crippen molar-refractivity contribution < 1.29 is 41.4 Å². The number of carbonyl (C=O) groups is 2.